The van der Waals surface area contributed by atoms with Crippen LogP contribution in [0.4, 0.5) is 5.95 Å². The van der Waals surface area contributed by atoms with E-state index in [9.17, 15) is 19.3 Å². The van der Waals surface area contributed by atoms with Crippen LogP contribution in [-0.2, 0) is 29.9 Å². The molecule has 1 aliphatic heterocycles. The van der Waals surface area contributed by atoms with Crippen molar-refractivity contribution >= 4 is 30.8 Å². The number of hydrogen-bond donors (Lipinski definition) is 4. The van der Waals surface area contributed by atoms with Gasteiger partial charge in [-0.15, -0.1) is 0 Å². The summed E-state index contributed by atoms with van der Waals surface area (Å²) < 4.78 is 38.1. The highest BCUT2D eigenvalue weighted by atomic mass is 31.2. The highest BCUT2D eigenvalue weighted by molar-refractivity contribution is 7.52. The van der Waals surface area contributed by atoms with Crippen molar-refractivity contribution < 1.29 is 33.0 Å². The van der Waals surface area contributed by atoms with Gasteiger partial charge in [0.25, 0.3) is 5.56 Å². The third-order valence-corrected chi connectivity index (χ3v) is 7.57. The number of H-pyrrole nitrogens is 1. The lowest BCUT2D eigenvalue weighted by atomic mass is 10.0. The Hall–Kier alpha value is -3.29. The number of ether oxygens (including phenoxy) is 2. The molecule has 0 saturated carbocycles. The summed E-state index contributed by atoms with van der Waals surface area (Å²) >= 11 is 0. The zero-order valence-corrected chi connectivity index (χ0v) is 23.0. The van der Waals surface area contributed by atoms with E-state index < -0.39 is 43.1 Å². The van der Waals surface area contributed by atoms with Crippen LogP contribution in [0.15, 0.2) is 41.5 Å². The van der Waals surface area contributed by atoms with E-state index in [0.717, 1.165) is 0 Å². The van der Waals surface area contributed by atoms with Crippen molar-refractivity contribution in [3.8, 4) is 5.75 Å². The van der Waals surface area contributed by atoms with E-state index in [1.165, 1.54) is 13.3 Å². The lowest BCUT2D eigenvalue weighted by Gasteiger charge is -2.28. The molecule has 2 aromatic heterocycles. The largest absolute Gasteiger partial charge is 0.462 e. The topological polar surface area (TPSA) is 193 Å². The summed E-state index contributed by atoms with van der Waals surface area (Å²) in [7, 11) is -4.12. The first kappa shape index (κ1) is 28.7. The van der Waals surface area contributed by atoms with Crippen LogP contribution < -0.4 is 20.9 Å². The number of carbonyl (C=O) groups is 1. The Bertz CT molecular complexity index is 1410. The molecule has 3 aromatic rings. The SMILES string of the molecule is CC(C)OC(=O)C(C)NP(=O)(OC[C@]1(C)C[C@@H](O)[C@H](Cn2cnc3c(=O)[nH]c(N)nc32)O1)Oc1ccccc1. The minimum Gasteiger partial charge on any atom is -0.462 e. The third kappa shape index (κ3) is 7.02. The van der Waals surface area contributed by atoms with E-state index in [1.54, 1.807) is 55.7 Å². The predicted octanol–water partition coefficient (Wildman–Crippen LogP) is 1.74. The molecule has 0 amide bonds. The average molecular weight is 565 g/mol. The summed E-state index contributed by atoms with van der Waals surface area (Å²) in [6, 6.07) is 7.37. The highest BCUT2D eigenvalue weighted by Gasteiger charge is 2.45. The number of anilines is 1. The average Bonchev–Trinajstić information content (AvgIpc) is 3.38. The summed E-state index contributed by atoms with van der Waals surface area (Å²) in [5.41, 5.74) is 4.49. The number of aliphatic hydroxyl groups excluding tert-OH is 1. The number of fused-ring (bicyclic) bond motifs is 1. The number of benzene rings is 1. The first-order valence-corrected chi connectivity index (χ1v) is 13.9. The molecule has 4 rings (SSSR count). The first-order valence-electron chi connectivity index (χ1n) is 12.4. The van der Waals surface area contributed by atoms with Gasteiger partial charge in [0.05, 0.1) is 37.3 Å². The minimum absolute atomic E-state index is 0.0615. The fourth-order valence-corrected chi connectivity index (χ4v) is 5.77. The van der Waals surface area contributed by atoms with Crippen LogP contribution in [0.2, 0.25) is 0 Å². The van der Waals surface area contributed by atoms with Crippen LogP contribution >= 0.6 is 7.75 Å². The molecule has 1 aromatic carbocycles. The third-order valence-electron chi connectivity index (χ3n) is 5.94. The molecule has 212 valence electrons. The Morgan fingerprint density at radius 1 is 1.36 bits per heavy atom. The molecule has 5 atom stereocenters. The van der Waals surface area contributed by atoms with Crippen LogP contribution in [0.1, 0.15) is 34.1 Å². The van der Waals surface area contributed by atoms with Crippen LogP contribution in [-0.4, -0.2) is 67.2 Å². The maximum atomic E-state index is 13.8. The minimum atomic E-state index is -4.12. The molecular formula is C24H33N6O8P. The van der Waals surface area contributed by atoms with E-state index in [2.05, 4.69) is 20.0 Å². The number of hydrogen-bond acceptors (Lipinski definition) is 11. The number of nitrogens with one attached hydrogen (secondary N) is 2. The normalized spacial score (nSPS) is 23.5. The zero-order chi connectivity index (χ0) is 28.4. The van der Waals surface area contributed by atoms with Crippen molar-refractivity contribution in [2.45, 2.75) is 70.6 Å². The van der Waals surface area contributed by atoms with Gasteiger partial charge < -0.3 is 29.4 Å². The van der Waals surface area contributed by atoms with Gasteiger partial charge in [0, 0.05) is 6.42 Å². The fourth-order valence-electron chi connectivity index (χ4n) is 4.17. The van der Waals surface area contributed by atoms with Gasteiger partial charge in [-0.3, -0.25) is 19.1 Å². The molecule has 14 nitrogen and oxygen atoms in total. The van der Waals surface area contributed by atoms with E-state index >= 15 is 0 Å². The zero-order valence-electron chi connectivity index (χ0n) is 22.1. The highest BCUT2D eigenvalue weighted by Crippen LogP contribution is 2.47. The van der Waals surface area contributed by atoms with Crippen LogP contribution in [0.25, 0.3) is 11.2 Å². The summed E-state index contributed by atoms with van der Waals surface area (Å²) in [5.74, 6) is -0.416. The monoisotopic (exact) mass is 564 g/mol. The summed E-state index contributed by atoms with van der Waals surface area (Å²) in [6.45, 7) is 6.49. The Kier molecular flexibility index (Phi) is 8.42. The Balaban J connectivity index is 1.47. The molecule has 0 aliphatic carbocycles. The van der Waals surface area contributed by atoms with Crippen molar-refractivity contribution in [1.29, 1.82) is 0 Å². The molecule has 2 unspecified atom stereocenters. The van der Waals surface area contributed by atoms with E-state index in [4.69, 9.17) is 24.3 Å². The van der Waals surface area contributed by atoms with E-state index in [-0.39, 0.29) is 48.5 Å². The molecule has 0 radical (unpaired) electrons. The number of nitrogens with zero attached hydrogens (tertiary/aromatic N) is 3. The number of carbonyl (C=O) groups excluding carboxylic acids is 1. The molecule has 0 spiro atoms. The van der Waals surface area contributed by atoms with Crippen LogP contribution in [0, 0.1) is 0 Å². The number of aliphatic hydroxyl groups is 1. The van der Waals surface area contributed by atoms with E-state index in [0.29, 0.717) is 0 Å². The van der Waals surface area contributed by atoms with Crippen LogP contribution in [0.5, 0.6) is 5.75 Å². The Morgan fingerprint density at radius 3 is 2.77 bits per heavy atom. The predicted molar refractivity (Wildman–Crippen MR) is 141 cm³/mol. The van der Waals surface area contributed by atoms with Crippen LogP contribution in [0.3, 0.4) is 0 Å². The molecule has 15 heteroatoms. The van der Waals surface area contributed by atoms with Gasteiger partial charge in [0.15, 0.2) is 11.2 Å². The Morgan fingerprint density at radius 2 is 2.08 bits per heavy atom. The molecule has 0 bridgehead atoms. The van der Waals surface area contributed by atoms with Gasteiger partial charge >= 0.3 is 13.7 Å². The molecule has 39 heavy (non-hydrogen) atoms. The van der Waals surface area contributed by atoms with Crippen molar-refractivity contribution in [1.82, 2.24) is 24.6 Å². The molecule has 1 fully saturated rings. The summed E-state index contributed by atoms with van der Waals surface area (Å²) in [6.07, 6.45) is -0.438. The van der Waals surface area contributed by atoms with Gasteiger partial charge in [-0.2, -0.15) is 10.1 Å². The van der Waals surface area contributed by atoms with Gasteiger partial charge in [-0.05, 0) is 39.8 Å². The maximum Gasteiger partial charge on any atom is 0.459 e. The summed E-state index contributed by atoms with van der Waals surface area (Å²) in [5, 5.41) is 13.4. The second-order valence-corrected chi connectivity index (χ2v) is 11.6. The van der Waals surface area contributed by atoms with E-state index in [1.807, 2.05) is 0 Å². The molecule has 1 aliphatic rings. The lowest BCUT2D eigenvalue weighted by molar-refractivity contribution is -0.149. The van der Waals surface area contributed by atoms with Gasteiger partial charge in [0.2, 0.25) is 5.95 Å². The number of nitrogens with two attached hydrogens (primary N) is 1. The molecular weight excluding hydrogens is 531 g/mol. The quantitative estimate of drug-likeness (QED) is 0.195. The molecule has 5 N–H and O–H groups in total. The van der Waals surface area contributed by atoms with Crippen molar-refractivity contribution in [2.75, 3.05) is 12.3 Å². The molecule has 1 saturated heterocycles. The van der Waals surface area contributed by atoms with Gasteiger partial charge in [-0.1, -0.05) is 18.2 Å². The van der Waals surface area contributed by atoms with Gasteiger partial charge in [-0.25, -0.2) is 9.55 Å². The maximum absolute atomic E-state index is 13.8. The van der Waals surface area contributed by atoms with Crippen molar-refractivity contribution in [2.24, 2.45) is 0 Å². The Labute approximate surface area is 224 Å². The van der Waals surface area contributed by atoms with Gasteiger partial charge in [0.1, 0.15) is 17.9 Å². The fraction of sp³-hybridized carbons (Fsp3) is 0.500. The number of imidazole rings is 1. The summed E-state index contributed by atoms with van der Waals surface area (Å²) in [4.78, 5) is 35.0. The smallest absolute Gasteiger partial charge is 0.459 e. The number of aromatic amines is 1. The lowest BCUT2D eigenvalue weighted by Crippen LogP contribution is -2.38. The second kappa shape index (κ2) is 11.4. The number of aromatic nitrogens is 4. The number of para-hydroxylation sites is 1. The molecule has 3 heterocycles. The standard InChI is InChI=1S/C24H33N6O8P/c1-14(2)36-22(33)15(3)29-39(34,38-16-8-6-5-7-9-16)35-12-24(4)10-17(31)18(37-24)11-30-13-26-19-20(30)27-23(25)28-21(19)32/h5-9,13-15,17-18,31H,10-12H2,1-4H3,(H,29,34)(H3,25,27,28,32)/t15?,17-,18+,24+,39?/m1/s1. The number of esters is 1. The van der Waals surface area contributed by atoms with Crippen molar-refractivity contribution in [3.05, 3.63) is 47.0 Å². The second-order valence-electron chi connectivity index (χ2n) is 9.91. The number of rotatable bonds is 11. The van der Waals surface area contributed by atoms with Crippen molar-refractivity contribution in [3.63, 3.8) is 0 Å². The number of nitrogen functional groups attached to an aromatic ring is 1. The first-order chi connectivity index (χ1) is 18.4.